The zero-order valence-electron chi connectivity index (χ0n) is 16.9. The molecule has 1 aromatic carbocycles. The third kappa shape index (κ3) is 3.76. The van der Waals surface area contributed by atoms with Crippen LogP contribution in [0.1, 0.15) is 46.4 Å². The maximum Gasteiger partial charge on any atom is 0.254 e. The second-order valence-electron chi connectivity index (χ2n) is 8.44. The van der Waals surface area contributed by atoms with Crippen LogP contribution in [0.15, 0.2) is 61.1 Å². The number of hydrogen-bond acceptors (Lipinski definition) is 5. The molecule has 8 nitrogen and oxygen atoms in total. The van der Waals surface area contributed by atoms with Crippen molar-refractivity contribution in [3.63, 3.8) is 0 Å². The quantitative estimate of drug-likeness (QED) is 0.640. The number of primary amides is 1. The highest BCUT2D eigenvalue weighted by Gasteiger charge is 2.54. The molecule has 3 aromatic rings. The van der Waals surface area contributed by atoms with Crippen LogP contribution >= 0.6 is 0 Å². The smallest absolute Gasteiger partial charge is 0.254 e. The standard InChI is InChI=1S/C23H23N5O3/c24-20(29)19-3-1-8-25-22(19)31-18-13-23(14-18)11-16(12-23)27-21(30)15-4-6-17(7-5-15)28-10-2-9-26-28/h1-10,16,18H,11-14H2,(H2,24,29)(H,27,30). The Labute approximate surface area is 179 Å². The van der Waals surface area contributed by atoms with Crippen molar-refractivity contribution in [1.29, 1.82) is 0 Å². The normalized spacial score (nSPS) is 24.1. The summed E-state index contributed by atoms with van der Waals surface area (Å²) in [5, 5.41) is 7.31. The van der Waals surface area contributed by atoms with Crippen LogP contribution in [0.5, 0.6) is 5.88 Å². The summed E-state index contributed by atoms with van der Waals surface area (Å²) in [5.41, 5.74) is 7.46. The minimum absolute atomic E-state index is 0.0273. The van der Waals surface area contributed by atoms with Gasteiger partial charge in [0.15, 0.2) is 0 Å². The highest BCUT2D eigenvalue weighted by atomic mass is 16.5. The van der Waals surface area contributed by atoms with Crippen molar-refractivity contribution in [3.8, 4) is 11.6 Å². The number of hydrogen-bond donors (Lipinski definition) is 2. The number of benzene rings is 1. The average molecular weight is 417 g/mol. The molecule has 2 fully saturated rings. The molecule has 0 radical (unpaired) electrons. The summed E-state index contributed by atoms with van der Waals surface area (Å²) >= 11 is 0. The number of nitrogens with two attached hydrogens (primary N) is 1. The number of ether oxygens (including phenoxy) is 1. The molecule has 158 valence electrons. The third-order valence-corrected chi connectivity index (χ3v) is 6.23. The van der Waals surface area contributed by atoms with Gasteiger partial charge in [-0.2, -0.15) is 5.10 Å². The minimum atomic E-state index is -0.541. The molecule has 2 saturated carbocycles. The zero-order chi connectivity index (χ0) is 21.4. The minimum Gasteiger partial charge on any atom is -0.474 e. The van der Waals surface area contributed by atoms with Crippen molar-refractivity contribution >= 4 is 11.8 Å². The SMILES string of the molecule is NC(=O)c1cccnc1OC1CC2(CC(NC(=O)c3ccc(-n4cccn4)cc3)C2)C1. The van der Waals surface area contributed by atoms with Gasteiger partial charge in [0, 0.05) is 30.2 Å². The molecule has 2 amide bonds. The fraction of sp³-hybridized carbons (Fsp3) is 0.304. The topological polar surface area (TPSA) is 112 Å². The van der Waals surface area contributed by atoms with Crippen LogP contribution in [0.25, 0.3) is 5.69 Å². The predicted molar refractivity (Wildman–Crippen MR) is 113 cm³/mol. The summed E-state index contributed by atoms with van der Waals surface area (Å²) in [6.45, 7) is 0. The van der Waals surface area contributed by atoms with E-state index in [0.717, 1.165) is 31.4 Å². The van der Waals surface area contributed by atoms with E-state index in [1.54, 1.807) is 29.2 Å². The number of pyridine rings is 1. The fourth-order valence-corrected chi connectivity index (χ4v) is 4.70. The lowest BCUT2D eigenvalue weighted by atomic mass is 9.53. The number of amides is 2. The number of rotatable bonds is 6. The van der Waals surface area contributed by atoms with E-state index >= 15 is 0 Å². The summed E-state index contributed by atoms with van der Waals surface area (Å²) in [6.07, 6.45) is 8.87. The van der Waals surface area contributed by atoms with Crippen LogP contribution in [0.3, 0.4) is 0 Å². The number of nitrogens with one attached hydrogen (secondary N) is 1. The van der Waals surface area contributed by atoms with E-state index in [9.17, 15) is 9.59 Å². The van der Waals surface area contributed by atoms with Gasteiger partial charge in [0.2, 0.25) is 5.88 Å². The lowest BCUT2D eigenvalue weighted by Gasteiger charge is -2.57. The van der Waals surface area contributed by atoms with Gasteiger partial charge in [-0.15, -0.1) is 0 Å². The number of carbonyl (C=O) groups excluding carboxylic acids is 2. The molecule has 1 spiro atoms. The summed E-state index contributed by atoms with van der Waals surface area (Å²) in [7, 11) is 0. The van der Waals surface area contributed by atoms with E-state index in [1.165, 1.54) is 0 Å². The Balaban J connectivity index is 1.11. The second-order valence-corrected chi connectivity index (χ2v) is 8.44. The monoisotopic (exact) mass is 417 g/mol. The first-order valence-corrected chi connectivity index (χ1v) is 10.3. The Hall–Kier alpha value is -3.68. The molecule has 0 saturated heterocycles. The molecule has 0 aliphatic heterocycles. The Kier molecular flexibility index (Phi) is 4.69. The van der Waals surface area contributed by atoms with Crippen molar-refractivity contribution in [1.82, 2.24) is 20.1 Å². The molecular formula is C23H23N5O3. The van der Waals surface area contributed by atoms with Crippen molar-refractivity contribution < 1.29 is 14.3 Å². The molecular weight excluding hydrogens is 394 g/mol. The van der Waals surface area contributed by atoms with Gasteiger partial charge in [0.25, 0.3) is 11.8 Å². The van der Waals surface area contributed by atoms with E-state index in [2.05, 4.69) is 15.4 Å². The van der Waals surface area contributed by atoms with Crippen LogP contribution in [0.2, 0.25) is 0 Å². The van der Waals surface area contributed by atoms with Gasteiger partial charge in [-0.25, -0.2) is 9.67 Å². The highest BCUT2D eigenvalue weighted by molar-refractivity contribution is 5.95. The number of nitrogens with zero attached hydrogens (tertiary/aromatic N) is 3. The summed E-state index contributed by atoms with van der Waals surface area (Å²) in [6, 6.07) is 12.7. The van der Waals surface area contributed by atoms with Gasteiger partial charge in [0.1, 0.15) is 11.7 Å². The zero-order valence-corrected chi connectivity index (χ0v) is 16.9. The van der Waals surface area contributed by atoms with E-state index < -0.39 is 5.91 Å². The predicted octanol–water partition coefficient (Wildman–Crippen LogP) is 2.49. The second kappa shape index (κ2) is 7.54. The third-order valence-electron chi connectivity index (χ3n) is 6.23. The summed E-state index contributed by atoms with van der Waals surface area (Å²) in [4.78, 5) is 28.2. The first-order valence-electron chi connectivity index (χ1n) is 10.3. The molecule has 0 bridgehead atoms. The summed E-state index contributed by atoms with van der Waals surface area (Å²) in [5.74, 6) is -0.294. The lowest BCUT2D eigenvalue weighted by molar-refractivity contribution is -0.0848. The van der Waals surface area contributed by atoms with Crippen molar-refractivity contribution in [2.45, 2.75) is 37.8 Å². The van der Waals surface area contributed by atoms with Gasteiger partial charge in [-0.05, 0) is 73.6 Å². The van der Waals surface area contributed by atoms with Gasteiger partial charge >= 0.3 is 0 Å². The Morgan fingerprint density at radius 1 is 1.06 bits per heavy atom. The lowest BCUT2D eigenvalue weighted by Crippen LogP contribution is -2.58. The Bertz CT molecular complexity index is 1100. The first-order chi connectivity index (χ1) is 15.0. The highest BCUT2D eigenvalue weighted by Crippen LogP contribution is 2.56. The average Bonchev–Trinajstić information content (AvgIpc) is 3.25. The summed E-state index contributed by atoms with van der Waals surface area (Å²) < 4.78 is 7.65. The van der Waals surface area contributed by atoms with E-state index in [-0.39, 0.29) is 23.5 Å². The molecule has 3 N–H and O–H groups in total. The van der Waals surface area contributed by atoms with E-state index in [0.29, 0.717) is 17.0 Å². The molecule has 2 aliphatic rings. The van der Waals surface area contributed by atoms with E-state index in [1.807, 2.05) is 36.5 Å². The van der Waals surface area contributed by atoms with Gasteiger partial charge < -0.3 is 15.8 Å². The molecule has 2 heterocycles. The van der Waals surface area contributed by atoms with Crippen LogP contribution in [0, 0.1) is 5.41 Å². The van der Waals surface area contributed by atoms with E-state index in [4.69, 9.17) is 10.5 Å². The van der Waals surface area contributed by atoms with Crippen LogP contribution in [-0.4, -0.2) is 38.7 Å². The molecule has 0 unspecified atom stereocenters. The largest absolute Gasteiger partial charge is 0.474 e. The molecule has 2 aliphatic carbocycles. The molecule has 8 heteroatoms. The maximum atomic E-state index is 12.6. The number of carbonyl (C=O) groups is 2. The van der Waals surface area contributed by atoms with Crippen LogP contribution < -0.4 is 15.8 Å². The molecule has 31 heavy (non-hydrogen) atoms. The van der Waals surface area contributed by atoms with Gasteiger partial charge in [-0.3, -0.25) is 9.59 Å². The maximum absolute atomic E-state index is 12.6. The van der Waals surface area contributed by atoms with Crippen LogP contribution in [-0.2, 0) is 0 Å². The fourth-order valence-electron chi connectivity index (χ4n) is 4.70. The van der Waals surface area contributed by atoms with Crippen molar-refractivity contribution in [2.75, 3.05) is 0 Å². The van der Waals surface area contributed by atoms with Gasteiger partial charge in [0.05, 0.1) is 5.69 Å². The first kappa shape index (κ1) is 19.3. The van der Waals surface area contributed by atoms with Crippen molar-refractivity contribution in [3.05, 3.63) is 72.2 Å². The van der Waals surface area contributed by atoms with Gasteiger partial charge in [-0.1, -0.05) is 0 Å². The Morgan fingerprint density at radius 3 is 2.52 bits per heavy atom. The molecule has 5 rings (SSSR count). The van der Waals surface area contributed by atoms with Crippen molar-refractivity contribution in [2.24, 2.45) is 11.1 Å². The molecule has 2 aromatic heterocycles. The Morgan fingerprint density at radius 2 is 1.84 bits per heavy atom. The number of aromatic nitrogens is 3. The van der Waals surface area contributed by atoms with Crippen LogP contribution in [0.4, 0.5) is 0 Å². The molecule has 0 atom stereocenters.